The molecule has 0 aromatic rings. The summed E-state index contributed by atoms with van der Waals surface area (Å²) in [6.07, 6.45) is 2.61. The van der Waals surface area contributed by atoms with Crippen LogP contribution in [0.15, 0.2) is 0 Å². The smallest absolute Gasteiger partial charge is 0.222 e. The van der Waals surface area contributed by atoms with Gasteiger partial charge in [-0.25, -0.2) is 0 Å². The van der Waals surface area contributed by atoms with E-state index < -0.39 is 0 Å². The van der Waals surface area contributed by atoms with E-state index in [1.807, 2.05) is 6.92 Å². The van der Waals surface area contributed by atoms with E-state index >= 15 is 0 Å². The Labute approximate surface area is 103 Å². The average Bonchev–Trinajstić information content (AvgIpc) is 2.77. The molecule has 1 unspecified atom stereocenters. The highest BCUT2D eigenvalue weighted by Crippen LogP contribution is 2.18. The predicted molar refractivity (Wildman–Crippen MR) is 66.0 cm³/mol. The lowest BCUT2D eigenvalue weighted by atomic mass is 9.98. The maximum atomic E-state index is 11.6. The molecule has 1 atom stereocenters. The maximum absolute atomic E-state index is 11.6. The van der Waals surface area contributed by atoms with Crippen molar-refractivity contribution < 1.29 is 14.3 Å². The molecule has 2 N–H and O–H groups in total. The minimum Gasteiger partial charge on any atom is -0.383 e. The highest BCUT2D eigenvalue weighted by molar-refractivity contribution is 5.76. The molecule has 100 valence electrons. The van der Waals surface area contributed by atoms with Gasteiger partial charge >= 0.3 is 0 Å². The van der Waals surface area contributed by atoms with Crippen molar-refractivity contribution in [2.24, 2.45) is 0 Å². The minimum absolute atomic E-state index is 0.0441. The summed E-state index contributed by atoms with van der Waals surface area (Å²) < 4.78 is 10.4. The fraction of sp³-hybridized carbons (Fsp3) is 0.917. The van der Waals surface area contributed by atoms with Gasteiger partial charge in [-0.1, -0.05) is 0 Å². The lowest BCUT2D eigenvalue weighted by molar-refractivity contribution is -0.122. The Morgan fingerprint density at radius 1 is 1.53 bits per heavy atom. The number of rotatable bonds is 8. The van der Waals surface area contributed by atoms with Crippen LogP contribution in [0, 0.1) is 0 Å². The van der Waals surface area contributed by atoms with E-state index in [2.05, 4.69) is 10.6 Å². The van der Waals surface area contributed by atoms with E-state index in [-0.39, 0.29) is 11.4 Å². The summed E-state index contributed by atoms with van der Waals surface area (Å²) in [4.78, 5) is 11.6. The number of hydrogen-bond donors (Lipinski definition) is 2. The van der Waals surface area contributed by atoms with Gasteiger partial charge in [-0.3, -0.25) is 4.79 Å². The van der Waals surface area contributed by atoms with Gasteiger partial charge in [0.25, 0.3) is 0 Å². The molecule has 0 bridgehead atoms. The molecular formula is C12H24N2O3. The largest absolute Gasteiger partial charge is 0.383 e. The van der Waals surface area contributed by atoms with Crippen LogP contribution in [-0.2, 0) is 14.3 Å². The fourth-order valence-corrected chi connectivity index (χ4v) is 2.14. The highest BCUT2D eigenvalue weighted by atomic mass is 16.5. The van der Waals surface area contributed by atoms with Crippen LogP contribution in [0.5, 0.6) is 0 Å². The molecule has 1 saturated heterocycles. The maximum Gasteiger partial charge on any atom is 0.222 e. The zero-order chi connectivity index (χ0) is 12.6. The molecule has 17 heavy (non-hydrogen) atoms. The molecule has 0 aliphatic carbocycles. The number of nitrogens with one attached hydrogen (secondary N) is 2. The van der Waals surface area contributed by atoms with E-state index in [0.29, 0.717) is 32.8 Å². The number of methoxy groups -OCH3 is 1. The average molecular weight is 244 g/mol. The molecule has 5 heteroatoms. The first-order valence-corrected chi connectivity index (χ1v) is 6.31. The van der Waals surface area contributed by atoms with Crippen LogP contribution in [0.2, 0.25) is 0 Å². The molecule has 0 aromatic heterocycles. The van der Waals surface area contributed by atoms with Crippen molar-refractivity contribution in [2.75, 3.05) is 40.0 Å². The number of ether oxygens (including phenoxy) is 2. The molecule has 0 saturated carbocycles. The summed E-state index contributed by atoms with van der Waals surface area (Å²) in [5.74, 6) is 0.0441. The Kier molecular flexibility index (Phi) is 6.47. The highest BCUT2D eigenvalue weighted by Gasteiger charge is 2.33. The number of hydrogen-bond acceptors (Lipinski definition) is 4. The van der Waals surface area contributed by atoms with Crippen LogP contribution < -0.4 is 10.6 Å². The van der Waals surface area contributed by atoms with E-state index in [4.69, 9.17) is 9.47 Å². The standard InChI is InChI=1S/C12H24N2O3/c1-3-17-8-5-11(15)13-9-12(10-16-2)6-4-7-14-12/h14H,3-10H2,1-2H3,(H,13,15). The summed E-state index contributed by atoms with van der Waals surface area (Å²) in [5.41, 5.74) is -0.0734. The molecule has 1 heterocycles. The molecule has 5 nitrogen and oxygen atoms in total. The molecular weight excluding hydrogens is 220 g/mol. The zero-order valence-corrected chi connectivity index (χ0v) is 10.9. The van der Waals surface area contributed by atoms with Gasteiger partial charge in [0, 0.05) is 26.7 Å². The van der Waals surface area contributed by atoms with Crippen LogP contribution in [0.1, 0.15) is 26.2 Å². The van der Waals surface area contributed by atoms with Crippen LogP contribution >= 0.6 is 0 Å². The Hall–Kier alpha value is -0.650. The van der Waals surface area contributed by atoms with E-state index in [1.54, 1.807) is 7.11 Å². The first-order chi connectivity index (χ1) is 8.22. The zero-order valence-electron chi connectivity index (χ0n) is 10.9. The van der Waals surface area contributed by atoms with Crippen molar-refractivity contribution in [2.45, 2.75) is 31.7 Å². The second-order valence-electron chi connectivity index (χ2n) is 4.47. The lowest BCUT2D eigenvalue weighted by Gasteiger charge is -2.28. The van der Waals surface area contributed by atoms with Crippen LogP contribution in [0.3, 0.4) is 0 Å². The van der Waals surface area contributed by atoms with E-state index in [9.17, 15) is 4.79 Å². The third-order valence-electron chi connectivity index (χ3n) is 3.05. The van der Waals surface area contributed by atoms with Gasteiger partial charge in [0.2, 0.25) is 5.91 Å². The molecule has 1 rings (SSSR count). The van der Waals surface area contributed by atoms with Crippen molar-refractivity contribution in [3.63, 3.8) is 0 Å². The molecule has 0 radical (unpaired) electrons. The van der Waals surface area contributed by atoms with Gasteiger partial charge in [0.1, 0.15) is 0 Å². The third kappa shape index (κ3) is 5.02. The number of amides is 1. The summed E-state index contributed by atoms with van der Waals surface area (Å²) in [7, 11) is 1.69. The monoisotopic (exact) mass is 244 g/mol. The summed E-state index contributed by atoms with van der Waals surface area (Å²) >= 11 is 0. The third-order valence-corrected chi connectivity index (χ3v) is 3.05. The van der Waals surface area contributed by atoms with Crippen molar-refractivity contribution in [1.82, 2.24) is 10.6 Å². The van der Waals surface area contributed by atoms with Gasteiger partial charge in [-0.15, -0.1) is 0 Å². The molecule has 1 aliphatic heterocycles. The van der Waals surface area contributed by atoms with E-state index in [1.165, 1.54) is 0 Å². The van der Waals surface area contributed by atoms with Crippen LogP contribution in [-0.4, -0.2) is 51.5 Å². The van der Waals surface area contributed by atoms with Crippen molar-refractivity contribution in [3.8, 4) is 0 Å². The lowest BCUT2D eigenvalue weighted by Crippen LogP contribution is -2.53. The minimum atomic E-state index is -0.0734. The number of carbonyl (C=O) groups excluding carboxylic acids is 1. The van der Waals surface area contributed by atoms with Crippen molar-refractivity contribution >= 4 is 5.91 Å². The Bertz CT molecular complexity index is 228. The summed E-state index contributed by atoms with van der Waals surface area (Å²) in [5, 5.41) is 6.37. The molecule has 1 amide bonds. The van der Waals surface area contributed by atoms with Gasteiger partial charge in [-0.05, 0) is 26.3 Å². The molecule has 1 fully saturated rings. The predicted octanol–water partition coefficient (Wildman–Crippen LogP) is 0.298. The van der Waals surface area contributed by atoms with Gasteiger partial charge in [0.15, 0.2) is 0 Å². The summed E-state index contributed by atoms with van der Waals surface area (Å²) in [6, 6.07) is 0. The molecule has 1 aliphatic rings. The quantitative estimate of drug-likeness (QED) is 0.603. The first kappa shape index (κ1) is 14.4. The Balaban J connectivity index is 2.24. The first-order valence-electron chi connectivity index (χ1n) is 6.31. The normalized spacial score (nSPS) is 23.9. The second-order valence-corrected chi connectivity index (χ2v) is 4.47. The van der Waals surface area contributed by atoms with Gasteiger partial charge in [-0.2, -0.15) is 0 Å². The van der Waals surface area contributed by atoms with Gasteiger partial charge in [0.05, 0.1) is 18.8 Å². The second kappa shape index (κ2) is 7.63. The SMILES string of the molecule is CCOCCC(=O)NCC1(COC)CCCN1. The Morgan fingerprint density at radius 3 is 2.94 bits per heavy atom. The number of carbonyl (C=O) groups is 1. The topological polar surface area (TPSA) is 59.6 Å². The van der Waals surface area contributed by atoms with Crippen LogP contribution in [0.4, 0.5) is 0 Å². The van der Waals surface area contributed by atoms with Crippen molar-refractivity contribution in [3.05, 3.63) is 0 Å². The molecule has 0 aromatic carbocycles. The Morgan fingerprint density at radius 2 is 2.35 bits per heavy atom. The van der Waals surface area contributed by atoms with Crippen molar-refractivity contribution in [1.29, 1.82) is 0 Å². The fourth-order valence-electron chi connectivity index (χ4n) is 2.14. The van der Waals surface area contributed by atoms with Crippen LogP contribution in [0.25, 0.3) is 0 Å². The van der Waals surface area contributed by atoms with E-state index in [0.717, 1.165) is 19.4 Å². The molecule has 0 spiro atoms. The van der Waals surface area contributed by atoms with Gasteiger partial charge < -0.3 is 20.1 Å². The summed E-state index contributed by atoms with van der Waals surface area (Å²) in [6.45, 7) is 5.34.